The molecule has 158 valence electrons. The average Bonchev–Trinajstić information content (AvgIpc) is 3.23. The molecule has 2 amide bonds. The minimum absolute atomic E-state index is 0.0783. The molecule has 10 heteroatoms. The molecule has 2 aliphatic heterocycles. The summed E-state index contributed by atoms with van der Waals surface area (Å²) < 4.78 is 29.9. The molecule has 0 bridgehead atoms. The number of nitrogens with zero attached hydrogens (tertiary/aromatic N) is 2. The van der Waals surface area contributed by atoms with Crippen molar-refractivity contribution >= 4 is 21.8 Å². The molecule has 1 N–H and O–H groups in total. The predicted molar refractivity (Wildman–Crippen MR) is 104 cm³/mol. The highest BCUT2D eigenvalue weighted by Crippen LogP contribution is 2.26. The third-order valence-electron chi connectivity index (χ3n) is 5.47. The Labute approximate surface area is 170 Å². The summed E-state index contributed by atoms with van der Waals surface area (Å²) in [4.78, 5) is 32.0. The number of hydrogen-bond donors (Lipinski definition) is 1. The first-order valence-corrected chi connectivity index (χ1v) is 11.3. The zero-order valence-corrected chi connectivity index (χ0v) is 17.3. The second-order valence-corrected chi connectivity index (χ2v) is 9.98. The van der Waals surface area contributed by atoms with Crippen LogP contribution in [0.3, 0.4) is 0 Å². The molecule has 1 saturated heterocycles. The maximum absolute atomic E-state index is 12.7. The van der Waals surface area contributed by atoms with Crippen LogP contribution in [0.4, 0.5) is 4.79 Å². The van der Waals surface area contributed by atoms with E-state index in [9.17, 15) is 18.0 Å². The molecule has 0 aromatic carbocycles. The van der Waals surface area contributed by atoms with Gasteiger partial charge in [0.05, 0.1) is 6.54 Å². The lowest BCUT2D eigenvalue weighted by Gasteiger charge is -2.29. The largest absolute Gasteiger partial charge is 0.350 e. The van der Waals surface area contributed by atoms with Gasteiger partial charge in [-0.2, -0.15) is 0 Å². The van der Waals surface area contributed by atoms with Gasteiger partial charge in [-0.15, -0.1) is 6.42 Å². The van der Waals surface area contributed by atoms with Crippen molar-refractivity contribution in [2.24, 2.45) is 0 Å². The second kappa shape index (κ2) is 8.18. The maximum Gasteiger partial charge on any atom is 0.328 e. The smallest absolute Gasteiger partial charge is 0.328 e. The van der Waals surface area contributed by atoms with Crippen molar-refractivity contribution < 1.29 is 27.6 Å². The van der Waals surface area contributed by atoms with Crippen LogP contribution in [0.25, 0.3) is 0 Å². The fourth-order valence-corrected chi connectivity index (χ4v) is 4.16. The van der Waals surface area contributed by atoms with E-state index in [-0.39, 0.29) is 19.0 Å². The Kier molecular flexibility index (Phi) is 6.03. The van der Waals surface area contributed by atoms with Crippen molar-refractivity contribution in [2.75, 3.05) is 19.4 Å². The SMILES string of the molecule is C#Cc1cc2n(c1)C(=O)N(CC[C@](C)(C(=O)NOC1CCCCO1)S(C)(=O)=O)C2. The number of fused-ring (bicyclic) bond motifs is 1. The number of sulfone groups is 1. The van der Waals surface area contributed by atoms with Crippen LogP contribution in [0.2, 0.25) is 0 Å². The van der Waals surface area contributed by atoms with Crippen LogP contribution in [-0.2, 0) is 30.8 Å². The number of amides is 2. The normalized spacial score (nSPS) is 21.3. The molecule has 3 heterocycles. The van der Waals surface area contributed by atoms with E-state index < -0.39 is 26.8 Å². The Morgan fingerprint density at radius 2 is 2.24 bits per heavy atom. The average molecular weight is 423 g/mol. The van der Waals surface area contributed by atoms with Gasteiger partial charge in [0.25, 0.3) is 5.91 Å². The Bertz CT molecular complexity index is 942. The number of ether oxygens (including phenoxy) is 1. The molecule has 9 nitrogen and oxygen atoms in total. The molecule has 0 aliphatic carbocycles. The van der Waals surface area contributed by atoms with Crippen LogP contribution in [0.15, 0.2) is 12.3 Å². The van der Waals surface area contributed by atoms with Gasteiger partial charge in [-0.05, 0) is 32.3 Å². The molecule has 3 rings (SSSR count). The van der Waals surface area contributed by atoms with Gasteiger partial charge in [-0.3, -0.25) is 9.36 Å². The van der Waals surface area contributed by atoms with Crippen molar-refractivity contribution in [1.82, 2.24) is 14.9 Å². The van der Waals surface area contributed by atoms with Crippen molar-refractivity contribution in [1.29, 1.82) is 0 Å². The first kappa shape index (κ1) is 21.4. The molecule has 1 aromatic heterocycles. The van der Waals surface area contributed by atoms with Gasteiger partial charge >= 0.3 is 6.03 Å². The zero-order chi connectivity index (χ0) is 21.2. The first-order chi connectivity index (χ1) is 13.7. The molecule has 0 saturated carbocycles. The van der Waals surface area contributed by atoms with Gasteiger partial charge in [-0.1, -0.05) is 5.92 Å². The molecule has 2 atom stereocenters. The van der Waals surface area contributed by atoms with Crippen LogP contribution in [0, 0.1) is 12.3 Å². The van der Waals surface area contributed by atoms with E-state index >= 15 is 0 Å². The molecule has 1 aromatic rings. The molecule has 29 heavy (non-hydrogen) atoms. The Morgan fingerprint density at radius 1 is 1.48 bits per heavy atom. The molecule has 0 radical (unpaired) electrons. The fraction of sp³-hybridized carbons (Fsp3) is 0.579. The lowest BCUT2D eigenvalue weighted by Crippen LogP contribution is -2.52. The number of terminal acetylenes is 1. The number of nitrogens with one attached hydrogen (secondary N) is 1. The highest BCUT2D eigenvalue weighted by molar-refractivity contribution is 7.92. The lowest BCUT2D eigenvalue weighted by atomic mass is 10.1. The first-order valence-electron chi connectivity index (χ1n) is 9.40. The third kappa shape index (κ3) is 4.32. The number of carbonyl (C=O) groups excluding carboxylic acids is 2. The van der Waals surface area contributed by atoms with Crippen molar-refractivity contribution in [3.63, 3.8) is 0 Å². The second-order valence-electron chi connectivity index (χ2n) is 7.54. The van der Waals surface area contributed by atoms with Crippen LogP contribution in [0.5, 0.6) is 0 Å². The molecule has 2 aliphatic rings. The molecule has 1 unspecified atom stereocenters. The van der Waals surface area contributed by atoms with E-state index in [2.05, 4.69) is 11.4 Å². The van der Waals surface area contributed by atoms with Crippen molar-refractivity contribution in [2.45, 2.75) is 50.2 Å². The van der Waals surface area contributed by atoms with Gasteiger partial charge in [0.15, 0.2) is 20.9 Å². The quantitative estimate of drug-likeness (QED) is 0.518. The summed E-state index contributed by atoms with van der Waals surface area (Å²) in [5.41, 5.74) is 3.57. The van der Waals surface area contributed by atoms with Crippen molar-refractivity contribution in [3.05, 3.63) is 23.5 Å². The summed E-state index contributed by atoms with van der Waals surface area (Å²) in [5.74, 6) is 1.69. The van der Waals surface area contributed by atoms with E-state index in [4.69, 9.17) is 16.0 Å². The van der Waals surface area contributed by atoms with Gasteiger partial charge in [0.1, 0.15) is 0 Å². The van der Waals surface area contributed by atoms with Gasteiger partial charge in [0, 0.05) is 43.3 Å². The topological polar surface area (TPSA) is 107 Å². The monoisotopic (exact) mass is 423 g/mol. The standard InChI is InChI=1S/C19H25N3O6S/c1-4-14-11-15-13-21(18(24)22(15)12-14)9-8-19(2,29(3,25)26)17(23)20-28-16-7-5-6-10-27-16/h1,11-12,16H,5-10,13H2,2-3H3,(H,20,23)/t16?,19-/m1/s1. The van der Waals surface area contributed by atoms with Crippen LogP contribution >= 0.6 is 0 Å². The minimum atomic E-state index is -3.79. The maximum atomic E-state index is 12.7. The van der Waals surface area contributed by atoms with Crippen LogP contribution < -0.4 is 5.48 Å². The van der Waals surface area contributed by atoms with E-state index in [1.54, 1.807) is 12.3 Å². The van der Waals surface area contributed by atoms with E-state index in [0.29, 0.717) is 25.1 Å². The summed E-state index contributed by atoms with van der Waals surface area (Å²) in [6, 6.07) is 1.43. The zero-order valence-electron chi connectivity index (χ0n) is 16.5. The van der Waals surface area contributed by atoms with Crippen molar-refractivity contribution in [3.8, 4) is 12.3 Å². The summed E-state index contributed by atoms with van der Waals surface area (Å²) in [6.45, 7) is 2.25. The van der Waals surface area contributed by atoms with Gasteiger partial charge in [0.2, 0.25) is 0 Å². The number of aromatic nitrogens is 1. The van der Waals surface area contributed by atoms with Crippen LogP contribution in [-0.4, -0.2) is 60.3 Å². The van der Waals surface area contributed by atoms with E-state index in [1.807, 2.05) is 0 Å². The number of hydrogen-bond acceptors (Lipinski definition) is 6. The van der Waals surface area contributed by atoms with Gasteiger partial charge < -0.3 is 9.64 Å². The molecular weight excluding hydrogens is 398 g/mol. The number of carbonyl (C=O) groups is 2. The highest BCUT2D eigenvalue weighted by atomic mass is 32.2. The third-order valence-corrected chi connectivity index (χ3v) is 7.50. The Morgan fingerprint density at radius 3 is 2.83 bits per heavy atom. The molecule has 0 spiro atoms. The Balaban J connectivity index is 1.64. The predicted octanol–water partition coefficient (Wildman–Crippen LogP) is 1.02. The number of rotatable bonds is 7. The summed E-state index contributed by atoms with van der Waals surface area (Å²) in [6.07, 6.45) is 9.70. The highest BCUT2D eigenvalue weighted by Gasteiger charge is 2.45. The minimum Gasteiger partial charge on any atom is -0.350 e. The van der Waals surface area contributed by atoms with Gasteiger partial charge in [-0.25, -0.2) is 23.5 Å². The Hall–Kier alpha value is -2.35. The van der Waals surface area contributed by atoms with E-state index in [0.717, 1.165) is 24.8 Å². The summed E-state index contributed by atoms with van der Waals surface area (Å²) in [7, 11) is -3.79. The summed E-state index contributed by atoms with van der Waals surface area (Å²) in [5, 5.41) is 0. The van der Waals surface area contributed by atoms with E-state index in [1.165, 1.54) is 16.4 Å². The molecule has 1 fully saturated rings. The van der Waals surface area contributed by atoms with Crippen LogP contribution in [0.1, 0.15) is 43.9 Å². The lowest BCUT2D eigenvalue weighted by molar-refractivity contribution is -0.201. The molecular formula is C19H25N3O6S. The fourth-order valence-electron chi connectivity index (χ4n) is 3.32. The number of hydroxylamine groups is 1. The summed E-state index contributed by atoms with van der Waals surface area (Å²) >= 11 is 0.